The van der Waals surface area contributed by atoms with E-state index in [-0.39, 0.29) is 16.9 Å². The van der Waals surface area contributed by atoms with Crippen molar-refractivity contribution in [3.63, 3.8) is 0 Å². The van der Waals surface area contributed by atoms with Crippen LogP contribution in [0.4, 0.5) is 5.69 Å². The fraction of sp³-hybridized carbons (Fsp3) is 0.381. The molecular weight excluding hydrogens is 376 g/mol. The van der Waals surface area contributed by atoms with Gasteiger partial charge in [0.15, 0.2) is 0 Å². The van der Waals surface area contributed by atoms with Crippen molar-refractivity contribution < 1.29 is 17.9 Å². The molecule has 0 aromatic heterocycles. The second-order valence-electron chi connectivity index (χ2n) is 7.59. The van der Waals surface area contributed by atoms with Crippen molar-refractivity contribution in [2.45, 2.75) is 24.3 Å². The molecule has 2 aromatic rings. The Kier molecular flexibility index (Phi) is 4.67. The molecule has 6 nitrogen and oxygen atoms in total. The molecule has 1 fully saturated rings. The van der Waals surface area contributed by atoms with E-state index in [1.165, 1.54) is 11.4 Å². The molecule has 0 saturated carbocycles. The van der Waals surface area contributed by atoms with Gasteiger partial charge in [-0.25, -0.2) is 13.2 Å². The molecule has 0 radical (unpaired) electrons. The van der Waals surface area contributed by atoms with Crippen molar-refractivity contribution in [2.24, 2.45) is 5.92 Å². The van der Waals surface area contributed by atoms with Gasteiger partial charge in [0.1, 0.15) is 0 Å². The van der Waals surface area contributed by atoms with E-state index in [2.05, 4.69) is 4.90 Å². The van der Waals surface area contributed by atoms with Crippen LogP contribution < -0.4 is 4.31 Å². The highest BCUT2D eigenvalue weighted by molar-refractivity contribution is 7.92. The van der Waals surface area contributed by atoms with Crippen LogP contribution in [-0.4, -0.2) is 46.5 Å². The maximum atomic E-state index is 13.4. The number of anilines is 1. The van der Waals surface area contributed by atoms with Crippen LogP contribution in [0.5, 0.6) is 0 Å². The first-order valence-electron chi connectivity index (χ1n) is 9.35. The third kappa shape index (κ3) is 2.99. The highest BCUT2D eigenvalue weighted by atomic mass is 32.2. The summed E-state index contributed by atoms with van der Waals surface area (Å²) in [5, 5.41) is 0. The quantitative estimate of drug-likeness (QED) is 0.741. The summed E-state index contributed by atoms with van der Waals surface area (Å²) in [6.07, 6.45) is 0.920. The van der Waals surface area contributed by atoms with E-state index in [9.17, 15) is 13.2 Å². The Morgan fingerprint density at radius 2 is 1.86 bits per heavy atom. The minimum atomic E-state index is -3.69. The standard InChI is InChI=1S/C21H24N2O4S/c1-14-4-7-17(8-5-14)28(25,26)23-13-16-10-11-22(2)20(16)18-12-15(21(24)27-3)6-9-19(18)23/h4-9,12,16,20H,10-11,13H2,1-3H3/t16-,20-/m0/s1. The number of esters is 1. The molecule has 2 aromatic carbocycles. The topological polar surface area (TPSA) is 66.9 Å². The molecule has 2 aliphatic rings. The Balaban J connectivity index is 1.85. The smallest absolute Gasteiger partial charge is 0.337 e. The number of aryl methyl sites for hydroxylation is 1. The average molecular weight is 401 g/mol. The number of nitrogens with zero attached hydrogens (tertiary/aromatic N) is 2. The zero-order valence-corrected chi connectivity index (χ0v) is 17.1. The van der Waals surface area contributed by atoms with E-state index in [0.717, 1.165) is 24.1 Å². The van der Waals surface area contributed by atoms with Crippen LogP contribution in [0, 0.1) is 12.8 Å². The van der Waals surface area contributed by atoms with Crippen molar-refractivity contribution in [1.29, 1.82) is 0 Å². The fourth-order valence-corrected chi connectivity index (χ4v) is 5.90. The molecule has 0 aliphatic carbocycles. The first-order valence-corrected chi connectivity index (χ1v) is 10.8. The molecule has 2 aliphatic heterocycles. The Bertz CT molecular complexity index is 1020. The monoisotopic (exact) mass is 400 g/mol. The van der Waals surface area contributed by atoms with Crippen LogP contribution >= 0.6 is 0 Å². The number of hydrogen-bond donors (Lipinski definition) is 0. The molecule has 2 atom stereocenters. The third-order valence-electron chi connectivity index (χ3n) is 5.82. The van der Waals surface area contributed by atoms with E-state index in [0.29, 0.717) is 17.8 Å². The van der Waals surface area contributed by atoms with Crippen molar-refractivity contribution in [3.8, 4) is 0 Å². The van der Waals surface area contributed by atoms with Gasteiger partial charge in [-0.15, -0.1) is 0 Å². The van der Waals surface area contributed by atoms with Gasteiger partial charge in [0, 0.05) is 12.6 Å². The van der Waals surface area contributed by atoms with Gasteiger partial charge in [-0.05, 0) is 68.8 Å². The number of hydrogen-bond acceptors (Lipinski definition) is 5. The fourth-order valence-electron chi connectivity index (χ4n) is 4.35. The van der Waals surface area contributed by atoms with E-state index >= 15 is 0 Å². The number of likely N-dealkylation sites (tertiary alicyclic amines) is 1. The molecule has 7 heteroatoms. The van der Waals surface area contributed by atoms with Gasteiger partial charge >= 0.3 is 5.97 Å². The molecule has 0 unspecified atom stereocenters. The summed E-state index contributed by atoms with van der Waals surface area (Å²) in [5.41, 5.74) is 2.96. The minimum absolute atomic E-state index is 0.101. The number of carbonyl (C=O) groups excluding carboxylic acids is 1. The largest absolute Gasteiger partial charge is 0.465 e. The van der Waals surface area contributed by atoms with E-state index in [1.807, 2.05) is 26.1 Å². The molecule has 2 heterocycles. The molecule has 1 saturated heterocycles. The van der Waals surface area contributed by atoms with Crippen molar-refractivity contribution >= 4 is 21.7 Å². The van der Waals surface area contributed by atoms with Gasteiger partial charge in [-0.2, -0.15) is 0 Å². The van der Waals surface area contributed by atoms with Crippen LogP contribution in [0.3, 0.4) is 0 Å². The van der Waals surface area contributed by atoms with Crippen LogP contribution in [0.1, 0.15) is 33.9 Å². The molecular formula is C21H24N2O4S. The van der Waals surface area contributed by atoms with E-state index in [4.69, 9.17) is 4.74 Å². The van der Waals surface area contributed by atoms with Crippen LogP contribution in [0.25, 0.3) is 0 Å². The zero-order valence-electron chi connectivity index (χ0n) is 16.3. The van der Waals surface area contributed by atoms with Crippen molar-refractivity contribution in [2.75, 3.05) is 31.6 Å². The van der Waals surface area contributed by atoms with Crippen LogP contribution in [0.15, 0.2) is 47.4 Å². The van der Waals surface area contributed by atoms with E-state index < -0.39 is 16.0 Å². The number of fused-ring (bicyclic) bond motifs is 3. The SMILES string of the molecule is COC(=O)c1ccc2c(c1)[C@@H]1[C@@H](CCN1C)CN2S(=O)(=O)c1ccc(C)cc1. The van der Waals surface area contributed by atoms with Crippen molar-refractivity contribution in [1.82, 2.24) is 4.90 Å². The predicted octanol–water partition coefficient (Wildman–Crippen LogP) is 2.98. The predicted molar refractivity (Wildman–Crippen MR) is 107 cm³/mol. The lowest BCUT2D eigenvalue weighted by Crippen LogP contribution is -2.42. The lowest BCUT2D eigenvalue weighted by atomic mass is 9.88. The summed E-state index contributed by atoms with van der Waals surface area (Å²) in [6.45, 7) is 3.27. The van der Waals surface area contributed by atoms with Gasteiger partial charge in [0.25, 0.3) is 10.0 Å². The van der Waals surface area contributed by atoms with Gasteiger partial charge in [-0.1, -0.05) is 17.7 Å². The number of ether oxygens (including phenoxy) is 1. The molecule has 4 rings (SSSR count). The molecule has 0 amide bonds. The van der Waals surface area contributed by atoms with Gasteiger partial charge in [0.2, 0.25) is 0 Å². The van der Waals surface area contributed by atoms with Gasteiger partial charge < -0.3 is 4.74 Å². The minimum Gasteiger partial charge on any atom is -0.465 e. The van der Waals surface area contributed by atoms with Gasteiger partial charge in [-0.3, -0.25) is 9.21 Å². The van der Waals surface area contributed by atoms with E-state index in [1.54, 1.807) is 30.3 Å². The Labute approximate surface area is 165 Å². The van der Waals surface area contributed by atoms with Crippen molar-refractivity contribution in [3.05, 3.63) is 59.2 Å². The Hall–Kier alpha value is -2.38. The zero-order chi connectivity index (χ0) is 20.1. The third-order valence-corrected chi connectivity index (χ3v) is 7.61. The summed E-state index contributed by atoms with van der Waals surface area (Å²) >= 11 is 0. The summed E-state index contributed by atoms with van der Waals surface area (Å²) < 4.78 is 33.2. The normalized spacial score (nSPS) is 21.9. The summed E-state index contributed by atoms with van der Waals surface area (Å²) in [5.74, 6) is -0.232. The summed E-state index contributed by atoms with van der Waals surface area (Å²) in [4.78, 5) is 14.6. The second kappa shape index (κ2) is 6.90. The first-order chi connectivity index (χ1) is 13.3. The summed E-state index contributed by atoms with van der Waals surface area (Å²) in [6, 6.07) is 12.2. The molecule has 0 bridgehead atoms. The maximum Gasteiger partial charge on any atom is 0.337 e. The highest BCUT2D eigenvalue weighted by Gasteiger charge is 2.43. The Morgan fingerprint density at radius 1 is 1.14 bits per heavy atom. The number of rotatable bonds is 3. The molecule has 28 heavy (non-hydrogen) atoms. The molecule has 148 valence electrons. The van der Waals surface area contributed by atoms with Gasteiger partial charge in [0.05, 0.1) is 23.3 Å². The number of carbonyl (C=O) groups is 1. The molecule has 0 spiro atoms. The Morgan fingerprint density at radius 3 is 2.54 bits per heavy atom. The first kappa shape index (κ1) is 19.0. The number of sulfonamides is 1. The molecule has 0 N–H and O–H groups in total. The average Bonchev–Trinajstić information content (AvgIpc) is 3.07. The van der Waals surface area contributed by atoms with Crippen LogP contribution in [-0.2, 0) is 14.8 Å². The second-order valence-corrected chi connectivity index (χ2v) is 9.45. The number of methoxy groups -OCH3 is 1. The maximum absolute atomic E-state index is 13.4. The lowest BCUT2D eigenvalue weighted by Gasteiger charge is -2.39. The highest BCUT2D eigenvalue weighted by Crippen LogP contribution is 2.47. The lowest BCUT2D eigenvalue weighted by molar-refractivity contribution is 0.0600. The number of benzene rings is 2. The summed E-state index contributed by atoms with van der Waals surface area (Å²) in [7, 11) is -0.296. The van der Waals surface area contributed by atoms with Crippen LogP contribution in [0.2, 0.25) is 0 Å².